The average Bonchev–Trinajstić information content (AvgIpc) is 2.77. The van der Waals surface area contributed by atoms with E-state index in [1.54, 1.807) is 30.9 Å². The molecular weight excluding hydrogens is 414 g/mol. The smallest absolute Gasteiger partial charge is 0.262 e. The summed E-state index contributed by atoms with van der Waals surface area (Å²) in [5.41, 5.74) is 1.38. The molecule has 7 nitrogen and oxygen atoms in total. The van der Waals surface area contributed by atoms with Crippen LogP contribution in [0.3, 0.4) is 0 Å². The van der Waals surface area contributed by atoms with E-state index in [9.17, 15) is 9.59 Å². The molecule has 1 amide bonds. The van der Waals surface area contributed by atoms with Gasteiger partial charge in [0.05, 0.1) is 30.9 Å². The number of benzene rings is 2. The zero-order chi connectivity index (χ0) is 22.4. The van der Waals surface area contributed by atoms with Gasteiger partial charge in [-0.1, -0.05) is 49.9 Å². The summed E-state index contributed by atoms with van der Waals surface area (Å²) in [6, 6.07) is 12.8. The summed E-state index contributed by atoms with van der Waals surface area (Å²) < 4.78 is 12.4. The van der Waals surface area contributed by atoms with Crippen LogP contribution in [0.15, 0.2) is 52.4 Å². The second-order valence-corrected chi connectivity index (χ2v) is 8.38. The van der Waals surface area contributed by atoms with Gasteiger partial charge in [-0.05, 0) is 24.1 Å². The van der Waals surface area contributed by atoms with Crippen molar-refractivity contribution in [3.05, 3.63) is 58.4 Å². The van der Waals surface area contributed by atoms with Gasteiger partial charge in [-0.2, -0.15) is 0 Å². The van der Waals surface area contributed by atoms with E-state index in [2.05, 4.69) is 10.3 Å². The highest BCUT2D eigenvalue weighted by molar-refractivity contribution is 7.99. The molecule has 0 aliphatic carbocycles. The van der Waals surface area contributed by atoms with Gasteiger partial charge in [0.1, 0.15) is 0 Å². The molecule has 0 aliphatic heterocycles. The van der Waals surface area contributed by atoms with Crippen LogP contribution >= 0.6 is 11.8 Å². The van der Waals surface area contributed by atoms with E-state index >= 15 is 0 Å². The molecule has 0 fully saturated rings. The SMILES string of the molecule is COc1cccc(CNC(=O)CSc2nc3ccccc3c(=O)n2CC(C)C)c1OC. The van der Waals surface area contributed by atoms with Gasteiger partial charge in [-0.15, -0.1) is 0 Å². The number of ether oxygens (including phenoxy) is 2. The average molecular weight is 442 g/mol. The quantitative estimate of drug-likeness (QED) is 0.404. The standard InChI is InChI=1S/C23H27N3O4S/c1-15(2)13-26-22(28)17-9-5-6-10-18(17)25-23(26)31-14-20(27)24-12-16-8-7-11-19(29-3)21(16)30-4/h5-11,15H,12-14H2,1-4H3,(H,24,27). The number of aromatic nitrogens is 2. The number of thioether (sulfide) groups is 1. The largest absolute Gasteiger partial charge is 0.493 e. The van der Waals surface area contributed by atoms with Crippen LogP contribution in [-0.2, 0) is 17.9 Å². The molecule has 0 atom stereocenters. The molecule has 0 saturated carbocycles. The Morgan fingerprint density at radius 1 is 1.13 bits per heavy atom. The van der Waals surface area contributed by atoms with Crippen LogP contribution < -0.4 is 20.3 Å². The Balaban J connectivity index is 1.74. The number of hydrogen-bond donors (Lipinski definition) is 1. The summed E-state index contributed by atoms with van der Waals surface area (Å²) in [4.78, 5) is 30.1. The highest BCUT2D eigenvalue weighted by Gasteiger charge is 2.15. The third-order valence-corrected chi connectivity index (χ3v) is 5.64. The monoisotopic (exact) mass is 441 g/mol. The first kappa shape index (κ1) is 22.7. The molecule has 0 radical (unpaired) electrons. The van der Waals surface area contributed by atoms with Crippen LogP contribution in [0, 0.1) is 5.92 Å². The van der Waals surface area contributed by atoms with Crippen molar-refractivity contribution in [2.24, 2.45) is 5.92 Å². The second kappa shape index (κ2) is 10.3. The highest BCUT2D eigenvalue weighted by Crippen LogP contribution is 2.30. The maximum atomic E-state index is 13.0. The number of hydrogen-bond acceptors (Lipinski definition) is 6. The van der Waals surface area contributed by atoms with Crippen LogP contribution in [-0.4, -0.2) is 35.4 Å². The molecule has 0 saturated heterocycles. The van der Waals surface area contributed by atoms with Crippen molar-refractivity contribution in [1.82, 2.24) is 14.9 Å². The Morgan fingerprint density at radius 2 is 1.90 bits per heavy atom. The Hall–Kier alpha value is -3.00. The molecule has 2 aromatic carbocycles. The summed E-state index contributed by atoms with van der Waals surface area (Å²) in [5.74, 6) is 1.47. The first-order valence-electron chi connectivity index (χ1n) is 10.0. The molecule has 1 aromatic heterocycles. The number of amides is 1. The lowest BCUT2D eigenvalue weighted by Crippen LogP contribution is -2.28. The maximum Gasteiger partial charge on any atom is 0.262 e. The van der Waals surface area contributed by atoms with E-state index in [0.717, 1.165) is 5.56 Å². The number of carbonyl (C=O) groups excluding carboxylic acids is 1. The predicted molar refractivity (Wildman–Crippen MR) is 123 cm³/mol. The summed E-state index contributed by atoms with van der Waals surface area (Å²) in [5, 5.41) is 4.03. The fourth-order valence-corrected chi connectivity index (χ4v) is 4.09. The van der Waals surface area contributed by atoms with Crippen molar-refractivity contribution in [3.8, 4) is 11.5 Å². The van der Waals surface area contributed by atoms with Gasteiger partial charge >= 0.3 is 0 Å². The van der Waals surface area contributed by atoms with Crippen molar-refractivity contribution in [1.29, 1.82) is 0 Å². The summed E-state index contributed by atoms with van der Waals surface area (Å²) >= 11 is 1.26. The number of nitrogens with one attached hydrogen (secondary N) is 1. The third-order valence-electron chi connectivity index (χ3n) is 4.67. The lowest BCUT2D eigenvalue weighted by Gasteiger charge is -2.15. The minimum Gasteiger partial charge on any atom is -0.493 e. The van der Waals surface area contributed by atoms with Gasteiger partial charge in [0.15, 0.2) is 16.7 Å². The van der Waals surface area contributed by atoms with Crippen molar-refractivity contribution in [2.75, 3.05) is 20.0 Å². The number of para-hydroxylation sites is 2. The number of rotatable bonds is 9. The lowest BCUT2D eigenvalue weighted by molar-refractivity contribution is -0.118. The Morgan fingerprint density at radius 3 is 2.61 bits per heavy atom. The molecule has 3 aromatic rings. The molecule has 8 heteroatoms. The van der Waals surface area contributed by atoms with Crippen molar-refractivity contribution < 1.29 is 14.3 Å². The fraction of sp³-hybridized carbons (Fsp3) is 0.348. The Labute approximate surface area is 185 Å². The van der Waals surface area contributed by atoms with Crippen molar-refractivity contribution in [3.63, 3.8) is 0 Å². The number of carbonyl (C=O) groups is 1. The first-order valence-corrected chi connectivity index (χ1v) is 11.0. The zero-order valence-electron chi connectivity index (χ0n) is 18.2. The molecule has 1 heterocycles. The van der Waals surface area contributed by atoms with Crippen molar-refractivity contribution in [2.45, 2.75) is 32.1 Å². The molecule has 3 rings (SSSR count). The minimum absolute atomic E-state index is 0.0803. The third kappa shape index (κ3) is 5.38. The molecule has 0 spiro atoms. The van der Waals surface area contributed by atoms with Gasteiger partial charge in [0.25, 0.3) is 5.56 Å². The van der Waals surface area contributed by atoms with E-state index in [1.807, 2.05) is 44.2 Å². The van der Waals surface area contributed by atoms with E-state index in [-0.39, 0.29) is 23.1 Å². The molecule has 0 unspecified atom stereocenters. The zero-order valence-corrected chi connectivity index (χ0v) is 19.0. The Bertz CT molecular complexity index is 1130. The summed E-state index contributed by atoms with van der Waals surface area (Å²) in [6.07, 6.45) is 0. The molecule has 164 valence electrons. The molecule has 1 N–H and O–H groups in total. The van der Waals surface area contributed by atoms with Gasteiger partial charge in [0.2, 0.25) is 5.91 Å². The van der Waals surface area contributed by atoms with Gasteiger partial charge < -0.3 is 14.8 Å². The van der Waals surface area contributed by atoms with Gasteiger partial charge in [-0.3, -0.25) is 14.2 Å². The van der Waals surface area contributed by atoms with Gasteiger partial charge in [-0.25, -0.2) is 4.98 Å². The molecular formula is C23H27N3O4S. The van der Waals surface area contributed by atoms with E-state index in [1.165, 1.54) is 11.8 Å². The van der Waals surface area contributed by atoms with Gasteiger partial charge in [0, 0.05) is 18.7 Å². The fourth-order valence-electron chi connectivity index (χ4n) is 3.25. The lowest BCUT2D eigenvalue weighted by atomic mass is 10.2. The number of fused-ring (bicyclic) bond motifs is 1. The van der Waals surface area contributed by atoms with E-state index in [0.29, 0.717) is 40.6 Å². The van der Waals surface area contributed by atoms with Crippen molar-refractivity contribution >= 4 is 28.6 Å². The van der Waals surface area contributed by atoms with Crippen LogP contribution in [0.5, 0.6) is 11.5 Å². The topological polar surface area (TPSA) is 82.5 Å². The molecule has 0 bridgehead atoms. The summed E-state index contributed by atoms with van der Waals surface area (Å²) in [6.45, 7) is 4.94. The Kier molecular flexibility index (Phi) is 7.57. The van der Waals surface area contributed by atoms with Crippen LogP contribution in [0.4, 0.5) is 0 Å². The number of nitrogens with zero attached hydrogens (tertiary/aromatic N) is 2. The van der Waals surface area contributed by atoms with E-state index in [4.69, 9.17) is 9.47 Å². The predicted octanol–water partition coefficient (Wildman–Crippen LogP) is 3.48. The van der Waals surface area contributed by atoms with Crippen LogP contribution in [0.2, 0.25) is 0 Å². The minimum atomic E-state index is -0.159. The molecule has 31 heavy (non-hydrogen) atoms. The second-order valence-electron chi connectivity index (χ2n) is 7.44. The highest BCUT2D eigenvalue weighted by atomic mass is 32.2. The maximum absolute atomic E-state index is 13.0. The number of methoxy groups -OCH3 is 2. The van der Waals surface area contributed by atoms with E-state index < -0.39 is 0 Å². The van der Waals surface area contributed by atoms with Crippen LogP contribution in [0.1, 0.15) is 19.4 Å². The summed E-state index contributed by atoms with van der Waals surface area (Å²) in [7, 11) is 3.14. The normalized spacial score (nSPS) is 11.0. The first-order chi connectivity index (χ1) is 14.9. The molecule has 0 aliphatic rings. The van der Waals surface area contributed by atoms with Crippen LogP contribution in [0.25, 0.3) is 10.9 Å².